The van der Waals surface area contributed by atoms with Crippen molar-refractivity contribution in [3.63, 3.8) is 0 Å². The molecule has 76 valence electrons. The number of hydrogen-bond acceptors (Lipinski definition) is 2. The minimum Gasteiger partial charge on any atom is -0.301 e. The highest BCUT2D eigenvalue weighted by molar-refractivity contribution is 4.70. The third kappa shape index (κ3) is 5.65. The van der Waals surface area contributed by atoms with E-state index in [0.29, 0.717) is 12.5 Å². The van der Waals surface area contributed by atoms with Crippen LogP contribution >= 0.6 is 0 Å². The minimum absolute atomic E-state index is 0.687. The molecule has 0 saturated carbocycles. The zero-order valence-electron chi connectivity index (χ0n) is 9.21. The summed E-state index contributed by atoms with van der Waals surface area (Å²) >= 11 is 0. The van der Waals surface area contributed by atoms with E-state index in [2.05, 4.69) is 31.7 Å². The van der Waals surface area contributed by atoms with Crippen molar-refractivity contribution < 1.29 is 0 Å². The van der Waals surface area contributed by atoms with E-state index in [1.54, 1.807) is 0 Å². The Hall–Kier alpha value is -0.550. The van der Waals surface area contributed by atoms with Crippen LogP contribution < -0.4 is 0 Å². The largest absolute Gasteiger partial charge is 0.301 e. The number of unbranched alkanes of at least 4 members (excludes halogenated alkanes) is 2. The molecule has 0 bridgehead atoms. The molecular formula is C11H22N2. The maximum absolute atomic E-state index is 8.38. The van der Waals surface area contributed by atoms with Gasteiger partial charge in [0.1, 0.15) is 0 Å². The molecule has 0 N–H and O–H groups in total. The van der Waals surface area contributed by atoms with Gasteiger partial charge < -0.3 is 4.90 Å². The van der Waals surface area contributed by atoms with Gasteiger partial charge in [-0.2, -0.15) is 5.26 Å². The van der Waals surface area contributed by atoms with Crippen LogP contribution in [0.5, 0.6) is 0 Å². The Labute approximate surface area is 82.5 Å². The van der Waals surface area contributed by atoms with Crippen molar-refractivity contribution in [1.29, 1.82) is 5.26 Å². The smallest absolute Gasteiger partial charge is 0.0621 e. The molecule has 0 spiro atoms. The van der Waals surface area contributed by atoms with Crippen LogP contribution in [0.15, 0.2) is 0 Å². The zero-order valence-corrected chi connectivity index (χ0v) is 9.21. The van der Waals surface area contributed by atoms with Crippen molar-refractivity contribution in [3.05, 3.63) is 0 Å². The maximum Gasteiger partial charge on any atom is 0.0621 e. The van der Waals surface area contributed by atoms with Crippen LogP contribution in [0.4, 0.5) is 0 Å². The predicted molar refractivity (Wildman–Crippen MR) is 56.5 cm³/mol. The van der Waals surface area contributed by atoms with E-state index in [1.165, 1.54) is 6.42 Å². The lowest BCUT2D eigenvalue weighted by Gasteiger charge is -2.26. The second-order valence-corrected chi connectivity index (χ2v) is 3.50. The standard InChI is InChI=1S/C11H22N2/c1-4-11(3)13(5-2)10-8-6-7-9-12/h11H,4-8,10H2,1-3H3. The first-order chi connectivity index (χ1) is 6.26. The van der Waals surface area contributed by atoms with E-state index in [0.717, 1.165) is 25.9 Å². The highest BCUT2D eigenvalue weighted by Crippen LogP contribution is 2.05. The van der Waals surface area contributed by atoms with Gasteiger partial charge >= 0.3 is 0 Å². The van der Waals surface area contributed by atoms with Crippen molar-refractivity contribution in [1.82, 2.24) is 4.90 Å². The van der Waals surface area contributed by atoms with Gasteiger partial charge in [-0.1, -0.05) is 13.8 Å². The molecule has 0 aromatic carbocycles. The maximum atomic E-state index is 8.38. The molecule has 0 aliphatic heterocycles. The van der Waals surface area contributed by atoms with Gasteiger partial charge in [-0.3, -0.25) is 0 Å². The van der Waals surface area contributed by atoms with Crippen LogP contribution in [0.2, 0.25) is 0 Å². The second kappa shape index (κ2) is 8.07. The summed E-state index contributed by atoms with van der Waals surface area (Å²) in [6, 6.07) is 2.87. The van der Waals surface area contributed by atoms with Crippen LogP contribution in [0.3, 0.4) is 0 Å². The molecule has 0 fully saturated rings. The molecule has 0 aromatic rings. The number of rotatable bonds is 7. The van der Waals surface area contributed by atoms with Crippen molar-refractivity contribution >= 4 is 0 Å². The van der Waals surface area contributed by atoms with Crippen molar-refractivity contribution in [2.75, 3.05) is 13.1 Å². The lowest BCUT2D eigenvalue weighted by molar-refractivity contribution is 0.211. The van der Waals surface area contributed by atoms with Gasteiger partial charge in [0, 0.05) is 12.5 Å². The van der Waals surface area contributed by atoms with Crippen molar-refractivity contribution in [3.8, 4) is 6.07 Å². The Bertz CT molecular complexity index is 149. The quantitative estimate of drug-likeness (QED) is 0.566. The fourth-order valence-electron chi connectivity index (χ4n) is 1.47. The molecule has 0 aliphatic carbocycles. The molecule has 2 heteroatoms. The van der Waals surface area contributed by atoms with E-state index in [9.17, 15) is 0 Å². The molecule has 0 radical (unpaired) electrons. The fourth-order valence-corrected chi connectivity index (χ4v) is 1.47. The Morgan fingerprint density at radius 1 is 1.31 bits per heavy atom. The molecule has 0 amide bonds. The normalized spacial score (nSPS) is 12.8. The molecule has 0 aliphatic rings. The van der Waals surface area contributed by atoms with Crippen molar-refractivity contribution in [2.24, 2.45) is 0 Å². The van der Waals surface area contributed by atoms with Gasteiger partial charge in [0.15, 0.2) is 0 Å². The number of nitriles is 1. The minimum atomic E-state index is 0.687. The van der Waals surface area contributed by atoms with Crippen LogP contribution in [0.25, 0.3) is 0 Å². The van der Waals surface area contributed by atoms with Crippen LogP contribution in [0.1, 0.15) is 46.5 Å². The van der Waals surface area contributed by atoms with E-state index in [-0.39, 0.29) is 0 Å². The second-order valence-electron chi connectivity index (χ2n) is 3.50. The Morgan fingerprint density at radius 3 is 2.46 bits per heavy atom. The highest BCUT2D eigenvalue weighted by Gasteiger charge is 2.08. The fraction of sp³-hybridized carbons (Fsp3) is 0.909. The molecule has 1 unspecified atom stereocenters. The van der Waals surface area contributed by atoms with Gasteiger partial charge in [-0.25, -0.2) is 0 Å². The van der Waals surface area contributed by atoms with Crippen LogP contribution in [-0.2, 0) is 0 Å². The Balaban J connectivity index is 3.54. The lowest BCUT2D eigenvalue weighted by atomic mass is 10.2. The first-order valence-electron chi connectivity index (χ1n) is 5.37. The van der Waals surface area contributed by atoms with Gasteiger partial charge in [0.2, 0.25) is 0 Å². The molecular weight excluding hydrogens is 160 g/mol. The third-order valence-electron chi connectivity index (χ3n) is 2.60. The summed E-state index contributed by atoms with van der Waals surface area (Å²) in [4.78, 5) is 2.48. The number of nitrogens with zero attached hydrogens (tertiary/aromatic N) is 2. The first-order valence-corrected chi connectivity index (χ1v) is 5.37. The monoisotopic (exact) mass is 182 g/mol. The lowest BCUT2D eigenvalue weighted by Crippen LogP contribution is -2.33. The Morgan fingerprint density at radius 2 is 2.00 bits per heavy atom. The Kier molecular flexibility index (Phi) is 7.73. The first kappa shape index (κ1) is 12.4. The molecule has 0 aromatic heterocycles. The third-order valence-corrected chi connectivity index (χ3v) is 2.60. The molecule has 13 heavy (non-hydrogen) atoms. The average Bonchev–Trinajstić information content (AvgIpc) is 2.17. The summed E-state index contributed by atoms with van der Waals surface area (Å²) in [7, 11) is 0. The molecule has 0 saturated heterocycles. The summed E-state index contributed by atoms with van der Waals surface area (Å²) in [6.45, 7) is 8.97. The average molecular weight is 182 g/mol. The summed E-state index contributed by atoms with van der Waals surface area (Å²) in [5, 5.41) is 8.38. The summed E-state index contributed by atoms with van der Waals surface area (Å²) < 4.78 is 0. The number of hydrogen-bond donors (Lipinski definition) is 0. The molecule has 2 nitrogen and oxygen atoms in total. The van der Waals surface area contributed by atoms with Gasteiger partial charge in [0.05, 0.1) is 6.07 Å². The predicted octanol–water partition coefficient (Wildman–Crippen LogP) is 2.80. The van der Waals surface area contributed by atoms with E-state index < -0.39 is 0 Å². The van der Waals surface area contributed by atoms with E-state index in [1.807, 2.05) is 0 Å². The molecule has 0 heterocycles. The van der Waals surface area contributed by atoms with Crippen LogP contribution in [-0.4, -0.2) is 24.0 Å². The van der Waals surface area contributed by atoms with Gasteiger partial charge in [-0.05, 0) is 39.3 Å². The molecule has 0 rings (SSSR count). The topological polar surface area (TPSA) is 27.0 Å². The van der Waals surface area contributed by atoms with Gasteiger partial charge in [0.25, 0.3) is 0 Å². The van der Waals surface area contributed by atoms with E-state index >= 15 is 0 Å². The molecule has 1 atom stereocenters. The SMILES string of the molecule is CCC(C)N(CC)CCCCC#N. The van der Waals surface area contributed by atoms with Crippen molar-refractivity contribution in [2.45, 2.75) is 52.5 Å². The van der Waals surface area contributed by atoms with Gasteiger partial charge in [-0.15, -0.1) is 0 Å². The summed E-state index contributed by atoms with van der Waals surface area (Å²) in [5.41, 5.74) is 0. The highest BCUT2D eigenvalue weighted by atomic mass is 15.1. The van der Waals surface area contributed by atoms with Crippen LogP contribution in [0, 0.1) is 11.3 Å². The van der Waals surface area contributed by atoms with E-state index in [4.69, 9.17) is 5.26 Å². The zero-order chi connectivity index (χ0) is 10.1. The summed E-state index contributed by atoms with van der Waals surface area (Å²) in [6.07, 6.45) is 4.12. The summed E-state index contributed by atoms with van der Waals surface area (Å²) in [5.74, 6) is 0.